The van der Waals surface area contributed by atoms with Crippen LogP contribution in [0.5, 0.6) is 11.5 Å². The Balaban J connectivity index is 0.721. The molecule has 7 aromatic rings. The first-order valence-electron chi connectivity index (χ1n) is 34.4. The monoisotopic (exact) mass is 1460 g/mol. The number of allylic oxidation sites excluding steroid dienone is 3. The second-order valence-corrected chi connectivity index (χ2v) is 29.5. The number of alkyl carbamates (subject to hydrolysis) is 1. The summed E-state index contributed by atoms with van der Waals surface area (Å²) < 4.78 is 36.5. The van der Waals surface area contributed by atoms with E-state index < -0.39 is 71.4 Å². The summed E-state index contributed by atoms with van der Waals surface area (Å²) in [6.45, 7) is 11.6. The van der Waals surface area contributed by atoms with Gasteiger partial charge < -0.3 is 48.6 Å². The second-order valence-electron chi connectivity index (χ2n) is 26.6. The molecule has 4 aromatic heterocycles. The van der Waals surface area contributed by atoms with Gasteiger partial charge in [0, 0.05) is 121 Å². The Morgan fingerprint density at radius 3 is 1.93 bits per heavy atom. The minimum atomic E-state index is -1.95. The molecule has 0 aliphatic carbocycles. The van der Waals surface area contributed by atoms with E-state index >= 15 is 0 Å². The second kappa shape index (κ2) is 36.1. The average molecular weight is 1460 g/mol. The summed E-state index contributed by atoms with van der Waals surface area (Å²) in [5.74, 6) is -0.209. The number of carbonyl (C=O) groups is 5. The first-order chi connectivity index (χ1) is 49.6. The highest BCUT2D eigenvalue weighted by molar-refractivity contribution is 8.76. The lowest BCUT2D eigenvalue weighted by atomic mass is 9.61. The van der Waals surface area contributed by atoms with Crippen LogP contribution < -0.4 is 25.0 Å². The number of aliphatic hydroxyl groups is 1. The van der Waals surface area contributed by atoms with E-state index in [4.69, 9.17) is 40.0 Å². The van der Waals surface area contributed by atoms with E-state index in [0.717, 1.165) is 68.5 Å². The Kier molecular flexibility index (Phi) is 27.0. The number of esters is 1. The number of ether oxygens (including phenoxy) is 6. The molecule has 3 aliphatic heterocycles. The van der Waals surface area contributed by atoms with Gasteiger partial charge in [-0.1, -0.05) is 94.2 Å². The minimum absolute atomic E-state index is 0.00141. The molecule has 1 unspecified atom stereocenters. The van der Waals surface area contributed by atoms with E-state index in [9.17, 15) is 29.1 Å². The summed E-state index contributed by atoms with van der Waals surface area (Å²) in [7, 11) is 8.95. The molecule has 3 aromatic carbocycles. The Labute approximate surface area is 615 Å². The van der Waals surface area contributed by atoms with E-state index in [1.54, 1.807) is 69.4 Å². The van der Waals surface area contributed by atoms with Gasteiger partial charge in [0.25, 0.3) is 5.91 Å². The molecule has 22 nitrogen and oxygen atoms in total. The van der Waals surface area contributed by atoms with Crippen molar-refractivity contribution in [3.8, 4) is 11.5 Å². The summed E-state index contributed by atoms with van der Waals surface area (Å²) in [4.78, 5) is 96.5. The van der Waals surface area contributed by atoms with Crippen LogP contribution in [0.4, 0.5) is 10.5 Å². The lowest BCUT2D eigenvalue weighted by molar-refractivity contribution is -0.327. The number of fused-ring (bicyclic) bond motifs is 6. The molecule has 4 amide bonds. The number of nitrogens with one attached hydrogen (secondary N) is 2. The third-order valence-electron chi connectivity index (χ3n) is 19.1. The number of unbranched alkanes of at least 4 members (excludes halogenated alkanes) is 1. The van der Waals surface area contributed by atoms with Crippen molar-refractivity contribution in [1.82, 2.24) is 45.3 Å². The Hall–Kier alpha value is -8.72. The number of hydrogen-bond acceptors (Lipinski definition) is 20. The van der Waals surface area contributed by atoms with Crippen molar-refractivity contribution in [2.45, 2.75) is 146 Å². The summed E-state index contributed by atoms with van der Waals surface area (Å²) >= 11 is 6.90. The zero-order valence-electron chi connectivity index (χ0n) is 59.5. The van der Waals surface area contributed by atoms with Crippen LogP contribution in [0, 0.1) is 5.41 Å². The van der Waals surface area contributed by atoms with Gasteiger partial charge in [-0.15, -0.1) is 0 Å². The first-order valence-corrected chi connectivity index (χ1v) is 37.1. The highest BCUT2D eigenvalue weighted by Crippen LogP contribution is 2.54. The van der Waals surface area contributed by atoms with Gasteiger partial charge in [0.15, 0.2) is 5.72 Å². The quantitative estimate of drug-likeness (QED) is 0.0224. The molecule has 0 spiro atoms. The number of amides is 4. The highest BCUT2D eigenvalue weighted by Gasteiger charge is 2.67. The molecule has 10 rings (SSSR count). The maximum atomic E-state index is 14.7. The standard InChI is InChI=1S/C78H91ClN10O12S2/c1-53-20-19-25-67(97-8)78(95)45-69(101-75(94)85-78)76(3)52-99-77(76,4)68(44-71(91)87(6)65-42-55(38-53)43-66(96-7)72(65)79)100-74(93)54(2)86(5)73(92)58-26-28-64(29-27-58)103-102-37-30-70(90)84-35-17-18-36-98-63-40-56(46-88(48-59-21-9-13-31-80-59)49-60-22-10-14-32-81-60)39-57(41-63)47-89(50-61-23-11-15-33-82-61)51-62-24-12-16-34-83-62/h9-16,19-29,31-34,39-43,54,67-69,95H,17-18,30,35-38,44-52H2,1-8H3,(H,84,90)(H,85,94)/b25-19+,53-20+/t54-,67+,68+,69-,76?,77-,78-/m1/s1. The molecule has 103 heavy (non-hydrogen) atoms. The molecule has 3 aliphatic rings. The van der Waals surface area contributed by atoms with E-state index in [0.29, 0.717) is 88.0 Å². The predicted octanol–water partition coefficient (Wildman–Crippen LogP) is 11.9. The van der Waals surface area contributed by atoms with Crippen LogP contribution in [-0.2, 0) is 79.0 Å². The molecular formula is C78H91ClN10O12S2. The number of rotatable bonds is 29. The smallest absolute Gasteiger partial charge is 0.409 e. The molecule has 7 atom stereocenters. The number of aromatic nitrogens is 4. The molecule has 4 bridgehead atoms. The van der Waals surface area contributed by atoms with Gasteiger partial charge >= 0.3 is 12.1 Å². The summed E-state index contributed by atoms with van der Waals surface area (Å²) in [5.41, 5.74) is 3.76. The van der Waals surface area contributed by atoms with Crippen LogP contribution in [0.15, 0.2) is 181 Å². The topological polar surface area (TPSA) is 250 Å². The van der Waals surface area contributed by atoms with E-state index in [1.807, 2.05) is 111 Å². The maximum Gasteiger partial charge on any atom is 0.409 e. The fourth-order valence-electron chi connectivity index (χ4n) is 12.8. The van der Waals surface area contributed by atoms with Crippen molar-refractivity contribution in [3.63, 3.8) is 0 Å². The van der Waals surface area contributed by atoms with Gasteiger partial charge in [-0.05, 0) is 154 Å². The number of hydrogen-bond donors (Lipinski definition) is 3. The zero-order chi connectivity index (χ0) is 73.1. The lowest BCUT2D eigenvalue weighted by Crippen LogP contribution is -2.75. The molecule has 2 saturated heterocycles. The number of pyridine rings is 4. The van der Waals surface area contributed by atoms with Crippen molar-refractivity contribution >= 4 is 68.7 Å². The largest absolute Gasteiger partial charge is 0.495 e. The van der Waals surface area contributed by atoms with Gasteiger partial charge in [-0.3, -0.25) is 49.4 Å². The van der Waals surface area contributed by atoms with Gasteiger partial charge in [-0.2, -0.15) is 0 Å². The van der Waals surface area contributed by atoms with Gasteiger partial charge in [0.2, 0.25) is 11.8 Å². The van der Waals surface area contributed by atoms with Crippen molar-refractivity contribution in [1.29, 1.82) is 0 Å². The van der Waals surface area contributed by atoms with Gasteiger partial charge in [0.05, 0.1) is 60.6 Å². The van der Waals surface area contributed by atoms with Crippen LogP contribution >= 0.6 is 33.2 Å². The lowest BCUT2D eigenvalue weighted by Gasteiger charge is -2.61. The molecule has 0 radical (unpaired) electrons. The van der Waals surface area contributed by atoms with Crippen LogP contribution in [0.1, 0.15) is 110 Å². The van der Waals surface area contributed by atoms with Gasteiger partial charge in [-0.25, -0.2) is 9.59 Å². The number of methoxy groups -OCH3 is 2. The number of carbonyl (C=O) groups excluding carboxylic acids is 5. The normalized spacial score (nSPS) is 21.6. The third-order valence-corrected chi connectivity index (χ3v) is 21.8. The zero-order valence-corrected chi connectivity index (χ0v) is 61.9. The first kappa shape index (κ1) is 76.9. The molecule has 0 saturated carbocycles. The fraction of sp³-hybridized carbons (Fsp3) is 0.397. The number of benzene rings is 3. The van der Waals surface area contributed by atoms with Crippen LogP contribution in [-0.4, -0.2) is 159 Å². The van der Waals surface area contributed by atoms with Crippen LogP contribution in [0.3, 0.4) is 0 Å². The van der Waals surface area contributed by atoms with Crippen molar-refractivity contribution < 1.29 is 57.5 Å². The molecular weight excluding hydrogens is 1370 g/mol. The summed E-state index contributed by atoms with van der Waals surface area (Å²) in [6, 6.07) is 39.7. The van der Waals surface area contributed by atoms with E-state index in [2.05, 4.69) is 58.6 Å². The van der Waals surface area contributed by atoms with Crippen LogP contribution in [0.25, 0.3) is 0 Å². The Bertz CT molecular complexity index is 3890. The molecule has 2 fully saturated rings. The Morgan fingerprint density at radius 2 is 1.40 bits per heavy atom. The number of likely N-dealkylation sites (N-methyl/N-ethyl adjacent to an activating group) is 1. The molecule has 7 heterocycles. The minimum Gasteiger partial charge on any atom is -0.495 e. The summed E-state index contributed by atoms with van der Waals surface area (Å²) in [6.07, 6.45) is 9.79. The van der Waals surface area contributed by atoms with Crippen molar-refractivity contribution in [3.05, 3.63) is 226 Å². The number of halogens is 1. The summed E-state index contributed by atoms with van der Waals surface area (Å²) in [5, 5.41) is 17.9. The predicted molar refractivity (Wildman–Crippen MR) is 397 cm³/mol. The highest BCUT2D eigenvalue weighted by atomic mass is 35.5. The van der Waals surface area contributed by atoms with E-state index in [-0.39, 0.29) is 24.0 Å². The van der Waals surface area contributed by atoms with E-state index in [1.165, 1.54) is 59.6 Å². The fourth-order valence-corrected chi connectivity index (χ4v) is 15.1. The molecule has 3 N–H and O–H groups in total. The molecule has 544 valence electrons. The number of nitrogens with zero attached hydrogens (tertiary/aromatic N) is 8. The third kappa shape index (κ3) is 20.4. The van der Waals surface area contributed by atoms with Crippen molar-refractivity contribution in [2.24, 2.45) is 5.41 Å². The molecule has 25 heteroatoms. The van der Waals surface area contributed by atoms with Crippen LogP contribution in [0.2, 0.25) is 5.02 Å². The number of anilines is 1. The Morgan fingerprint density at radius 1 is 0.806 bits per heavy atom. The maximum absolute atomic E-state index is 14.7. The van der Waals surface area contributed by atoms with Gasteiger partial charge in [0.1, 0.15) is 46.5 Å². The average Bonchev–Trinajstić information content (AvgIpc) is 0.708. The van der Waals surface area contributed by atoms with Crippen molar-refractivity contribution in [2.75, 3.05) is 58.7 Å². The SMILES string of the molecule is COc1cc2cc(c1Cl)N(C)C(=O)C[C@H](OC(=O)[C@@H](C)N(C)C(=O)c1ccc(SSCCC(=O)NCCCCOc3cc(CN(Cc4ccccn4)Cc4ccccn4)cc(CN(Cc4ccccn4)Cc4ccccn4)c3)cc1)[C@@]1(C)OCC1(C)[C@H]1C[C@](O)(NC(=O)O1)[C@@H](OC)/C=C/C=C(\C)C2.